The highest BCUT2D eigenvalue weighted by atomic mass is 35.5. The van der Waals surface area contributed by atoms with Crippen molar-refractivity contribution < 1.29 is 18.0 Å². The summed E-state index contributed by atoms with van der Waals surface area (Å²) in [6.45, 7) is 10.6. The molecule has 1 atom stereocenters. The first-order valence-corrected chi connectivity index (χ1v) is 14.2. The summed E-state index contributed by atoms with van der Waals surface area (Å²) in [5, 5.41) is 3.72. The van der Waals surface area contributed by atoms with Crippen LogP contribution in [0.5, 0.6) is 0 Å². The van der Waals surface area contributed by atoms with E-state index in [0.717, 1.165) is 21.7 Å². The molecule has 0 radical (unpaired) electrons. The number of carbonyl (C=O) groups excluding carboxylic acids is 2. The standard InChI is InChI=1S/C26H35Cl2N3O4S/c1-8-22(25(33)29-26(4,5)6)30(15-19-12-13-20(27)14-21(19)28)24(32)16-31(36(7,34)35)23-11-9-10-17(2)18(23)3/h9-14,22H,8,15-16H2,1-7H3,(H,29,33)/t22-/m0/s1. The fraction of sp³-hybridized carbons (Fsp3) is 0.462. The topological polar surface area (TPSA) is 86.8 Å². The fourth-order valence-electron chi connectivity index (χ4n) is 3.81. The molecule has 7 nitrogen and oxygen atoms in total. The number of carbonyl (C=O) groups is 2. The monoisotopic (exact) mass is 555 g/mol. The lowest BCUT2D eigenvalue weighted by molar-refractivity contribution is -0.141. The van der Waals surface area contributed by atoms with Crippen LogP contribution in [0.1, 0.15) is 50.8 Å². The number of sulfonamides is 1. The molecule has 10 heteroatoms. The maximum absolute atomic E-state index is 13.8. The number of amides is 2. The van der Waals surface area contributed by atoms with E-state index in [2.05, 4.69) is 5.32 Å². The van der Waals surface area contributed by atoms with Crippen LogP contribution >= 0.6 is 23.2 Å². The molecule has 2 aromatic carbocycles. The molecule has 0 fully saturated rings. The summed E-state index contributed by atoms with van der Waals surface area (Å²) < 4.78 is 26.7. The van der Waals surface area contributed by atoms with Crippen molar-refractivity contribution in [3.63, 3.8) is 0 Å². The van der Waals surface area contributed by atoms with Gasteiger partial charge in [-0.25, -0.2) is 8.42 Å². The molecule has 36 heavy (non-hydrogen) atoms. The van der Waals surface area contributed by atoms with E-state index in [1.165, 1.54) is 4.90 Å². The van der Waals surface area contributed by atoms with Crippen molar-refractivity contribution >= 4 is 50.7 Å². The van der Waals surface area contributed by atoms with Gasteiger partial charge in [0.15, 0.2) is 0 Å². The molecular weight excluding hydrogens is 521 g/mol. The zero-order valence-electron chi connectivity index (χ0n) is 21.9. The minimum absolute atomic E-state index is 0.00923. The van der Waals surface area contributed by atoms with Crippen LogP contribution in [0.25, 0.3) is 0 Å². The van der Waals surface area contributed by atoms with Gasteiger partial charge in [0.05, 0.1) is 11.9 Å². The number of rotatable bonds is 9. The molecular formula is C26H35Cl2N3O4S. The van der Waals surface area contributed by atoms with E-state index < -0.39 is 34.1 Å². The number of benzene rings is 2. The van der Waals surface area contributed by atoms with Crippen LogP contribution in [0.3, 0.4) is 0 Å². The number of hydrogen-bond acceptors (Lipinski definition) is 4. The molecule has 0 aromatic heterocycles. The van der Waals surface area contributed by atoms with Gasteiger partial charge in [-0.1, -0.05) is 48.3 Å². The SMILES string of the molecule is CC[C@@H](C(=O)NC(C)(C)C)N(Cc1ccc(Cl)cc1Cl)C(=O)CN(c1cccc(C)c1C)S(C)(=O)=O. The molecule has 198 valence electrons. The zero-order chi connectivity index (χ0) is 27.4. The Balaban J connectivity index is 2.54. The van der Waals surface area contributed by atoms with Crippen LogP contribution in [-0.4, -0.2) is 49.5 Å². The summed E-state index contributed by atoms with van der Waals surface area (Å²) in [5.74, 6) is -0.857. The molecule has 0 saturated heterocycles. The largest absolute Gasteiger partial charge is 0.350 e. The van der Waals surface area contributed by atoms with Gasteiger partial charge in [-0.3, -0.25) is 13.9 Å². The number of aryl methyl sites for hydroxylation is 1. The first-order chi connectivity index (χ1) is 16.5. The second-order valence-corrected chi connectivity index (χ2v) is 12.7. The average molecular weight is 557 g/mol. The summed E-state index contributed by atoms with van der Waals surface area (Å²) in [5.41, 5.74) is 2.14. The molecule has 0 saturated carbocycles. The Kier molecular flexibility index (Phi) is 9.84. The van der Waals surface area contributed by atoms with Crippen molar-refractivity contribution in [1.29, 1.82) is 0 Å². The molecule has 0 aliphatic heterocycles. The Morgan fingerprint density at radius 2 is 1.72 bits per heavy atom. The average Bonchev–Trinajstić information content (AvgIpc) is 2.73. The minimum atomic E-state index is -3.81. The molecule has 0 aliphatic rings. The highest BCUT2D eigenvalue weighted by molar-refractivity contribution is 7.92. The van der Waals surface area contributed by atoms with Crippen molar-refractivity contribution in [2.24, 2.45) is 0 Å². The number of nitrogens with one attached hydrogen (secondary N) is 1. The second-order valence-electron chi connectivity index (χ2n) is 9.91. The van der Waals surface area contributed by atoms with Crippen molar-refractivity contribution in [3.05, 3.63) is 63.1 Å². The van der Waals surface area contributed by atoms with Gasteiger partial charge in [0.1, 0.15) is 12.6 Å². The van der Waals surface area contributed by atoms with Crippen molar-refractivity contribution in [2.45, 2.75) is 66.1 Å². The van der Waals surface area contributed by atoms with Crippen LogP contribution in [0.2, 0.25) is 10.0 Å². The van der Waals surface area contributed by atoms with Gasteiger partial charge in [-0.15, -0.1) is 0 Å². The van der Waals surface area contributed by atoms with Crippen LogP contribution in [-0.2, 0) is 26.2 Å². The summed E-state index contributed by atoms with van der Waals surface area (Å²) in [7, 11) is -3.81. The molecule has 0 bridgehead atoms. The third kappa shape index (κ3) is 7.85. The van der Waals surface area contributed by atoms with Gasteiger partial charge in [0, 0.05) is 22.1 Å². The molecule has 0 spiro atoms. The third-order valence-corrected chi connectivity index (χ3v) is 7.48. The minimum Gasteiger partial charge on any atom is -0.350 e. The van der Waals surface area contributed by atoms with Gasteiger partial charge in [-0.05, 0) is 75.9 Å². The molecule has 2 amide bonds. The Bertz CT molecular complexity index is 1230. The van der Waals surface area contributed by atoms with Gasteiger partial charge >= 0.3 is 0 Å². The summed E-state index contributed by atoms with van der Waals surface area (Å²) in [4.78, 5) is 28.4. The number of anilines is 1. The van der Waals surface area contributed by atoms with E-state index in [4.69, 9.17) is 23.2 Å². The quantitative estimate of drug-likeness (QED) is 0.466. The molecule has 2 rings (SSSR count). The van der Waals surface area contributed by atoms with Crippen molar-refractivity contribution in [3.8, 4) is 0 Å². The summed E-state index contributed by atoms with van der Waals surface area (Å²) in [6.07, 6.45) is 1.38. The molecule has 1 N–H and O–H groups in total. The Labute approximate surface area is 224 Å². The summed E-state index contributed by atoms with van der Waals surface area (Å²) in [6, 6.07) is 9.36. The Morgan fingerprint density at radius 1 is 1.08 bits per heavy atom. The molecule has 0 unspecified atom stereocenters. The van der Waals surface area contributed by atoms with Crippen LogP contribution in [0.15, 0.2) is 36.4 Å². The van der Waals surface area contributed by atoms with E-state index in [1.54, 1.807) is 37.3 Å². The predicted octanol–water partition coefficient (Wildman–Crippen LogP) is 5.10. The van der Waals surface area contributed by atoms with Gasteiger partial charge < -0.3 is 10.2 Å². The maximum atomic E-state index is 13.8. The zero-order valence-corrected chi connectivity index (χ0v) is 24.2. The number of halogens is 2. The van der Waals surface area contributed by atoms with E-state index in [-0.39, 0.29) is 12.5 Å². The Morgan fingerprint density at radius 3 is 2.25 bits per heavy atom. The number of hydrogen-bond donors (Lipinski definition) is 1. The van der Waals surface area contributed by atoms with Crippen LogP contribution < -0.4 is 9.62 Å². The smallest absolute Gasteiger partial charge is 0.244 e. The molecule has 2 aromatic rings. The van der Waals surface area contributed by atoms with E-state index in [1.807, 2.05) is 40.7 Å². The lowest BCUT2D eigenvalue weighted by Crippen LogP contribution is -2.55. The van der Waals surface area contributed by atoms with Crippen molar-refractivity contribution in [1.82, 2.24) is 10.2 Å². The second kappa shape index (κ2) is 11.8. The summed E-state index contributed by atoms with van der Waals surface area (Å²) >= 11 is 12.4. The predicted molar refractivity (Wildman–Crippen MR) is 147 cm³/mol. The van der Waals surface area contributed by atoms with E-state index in [9.17, 15) is 18.0 Å². The van der Waals surface area contributed by atoms with Crippen molar-refractivity contribution in [2.75, 3.05) is 17.1 Å². The van der Waals surface area contributed by atoms with Gasteiger partial charge in [0.2, 0.25) is 21.8 Å². The lowest BCUT2D eigenvalue weighted by atomic mass is 10.1. The first kappa shape index (κ1) is 29.9. The van der Waals surface area contributed by atoms with E-state index >= 15 is 0 Å². The first-order valence-electron chi connectivity index (χ1n) is 11.6. The van der Waals surface area contributed by atoms with Gasteiger partial charge in [0.25, 0.3) is 0 Å². The van der Waals surface area contributed by atoms with Crippen LogP contribution in [0, 0.1) is 13.8 Å². The van der Waals surface area contributed by atoms with Crippen LogP contribution in [0.4, 0.5) is 5.69 Å². The maximum Gasteiger partial charge on any atom is 0.244 e. The highest BCUT2D eigenvalue weighted by Crippen LogP contribution is 2.27. The lowest BCUT2D eigenvalue weighted by Gasteiger charge is -2.35. The Hall–Kier alpha value is -2.29. The highest BCUT2D eigenvalue weighted by Gasteiger charge is 2.33. The van der Waals surface area contributed by atoms with Gasteiger partial charge in [-0.2, -0.15) is 0 Å². The molecule has 0 aliphatic carbocycles. The van der Waals surface area contributed by atoms with E-state index in [0.29, 0.717) is 27.7 Å². The normalized spacial score (nSPS) is 12.7. The number of nitrogens with zero attached hydrogens (tertiary/aromatic N) is 2. The molecule has 0 heterocycles. The third-order valence-electron chi connectivity index (χ3n) is 5.76. The fourth-order valence-corrected chi connectivity index (χ4v) is 5.17.